The monoisotopic (exact) mass is 189 g/mol. The molecule has 0 aromatic heterocycles. The second-order valence-corrected chi connectivity index (χ2v) is 3.76. The van der Waals surface area contributed by atoms with E-state index in [1.165, 1.54) is 6.08 Å². The maximum atomic E-state index is 11.3. The molecule has 4 heteroatoms. The summed E-state index contributed by atoms with van der Waals surface area (Å²) in [6, 6.07) is 0. The molecule has 0 radical (unpaired) electrons. The summed E-state index contributed by atoms with van der Waals surface area (Å²) in [6.07, 6.45) is 3.11. The molecule has 1 spiro atoms. The molecule has 1 saturated carbocycles. The molecule has 58 valence electrons. The normalized spacial score (nSPS) is 41.7. The van der Waals surface area contributed by atoms with Crippen molar-refractivity contribution in [2.75, 3.05) is 6.54 Å². The van der Waals surface area contributed by atoms with E-state index in [1.54, 1.807) is 4.90 Å². The van der Waals surface area contributed by atoms with E-state index in [0.717, 1.165) is 19.4 Å². The van der Waals surface area contributed by atoms with Gasteiger partial charge in [-0.15, -0.1) is 5.76 Å². The molecule has 4 rings (SSSR count). The van der Waals surface area contributed by atoms with Crippen molar-refractivity contribution in [2.45, 2.75) is 18.4 Å². The maximum absolute atomic E-state index is 11.3. The minimum atomic E-state index is -0.332. The number of nitrogens with zero attached hydrogens (tertiary/aromatic N) is 1. The Kier molecular flexibility index (Phi) is 1.98. The van der Waals surface area contributed by atoms with Crippen molar-refractivity contribution in [1.82, 2.24) is 4.90 Å². The van der Waals surface area contributed by atoms with Crippen LogP contribution in [0.5, 0.6) is 0 Å². The third-order valence-electron chi connectivity index (χ3n) is 3.19. The molecule has 0 aromatic rings. The molecule has 4 aliphatic rings. The molecule has 2 bridgehead atoms. The van der Waals surface area contributed by atoms with Gasteiger partial charge in [-0.2, -0.15) is 0 Å². The summed E-state index contributed by atoms with van der Waals surface area (Å²) in [6.45, 7) is 0.821. The van der Waals surface area contributed by atoms with Gasteiger partial charge in [-0.25, -0.2) is 0 Å². The van der Waals surface area contributed by atoms with E-state index in [1.807, 2.05) is 0 Å². The van der Waals surface area contributed by atoms with E-state index in [9.17, 15) is 9.90 Å². The van der Waals surface area contributed by atoms with Crippen LogP contribution >= 0.6 is 0 Å². The number of hydrogen-bond donors (Lipinski definition) is 0. The fourth-order valence-corrected chi connectivity index (χ4v) is 2.64. The summed E-state index contributed by atoms with van der Waals surface area (Å²) in [7, 11) is 0. The van der Waals surface area contributed by atoms with Crippen molar-refractivity contribution < 1.29 is 61.3 Å². The molecule has 3 nitrogen and oxygen atoms in total. The molecule has 12 heavy (non-hydrogen) atoms. The molecule has 1 aliphatic carbocycles. The standard InChI is InChI=1S/C8H9NO2.K/c10-6-1-7(11)9-4-5-2-8(6,9)3-5;/h1,5,10H,2-4H2;/q;+1/p-1. The van der Waals surface area contributed by atoms with Crippen LogP contribution < -0.4 is 56.5 Å². The van der Waals surface area contributed by atoms with Crippen LogP contribution in [0.4, 0.5) is 0 Å². The number of rotatable bonds is 0. The summed E-state index contributed by atoms with van der Waals surface area (Å²) in [4.78, 5) is 12.9. The van der Waals surface area contributed by atoms with Crippen molar-refractivity contribution in [3.63, 3.8) is 0 Å². The molecule has 0 aromatic carbocycles. The topological polar surface area (TPSA) is 43.4 Å². The van der Waals surface area contributed by atoms with Crippen molar-refractivity contribution >= 4 is 5.91 Å². The Morgan fingerprint density at radius 1 is 1.58 bits per heavy atom. The van der Waals surface area contributed by atoms with Gasteiger partial charge in [0.25, 0.3) is 0 Å². The van der Waals surface area contributed by atoms with Crippen molar-refractivity contribution in [1.29, 1.82) is 0 Å². The Bertz CT molecular complexity index is 281. The minimum absolute atomic E-state index is 0. The predicted octanol–water partition coefficient (Wildman–Crippen LogP) is -3.76. The molecule has 3 fully saturated rings. The fourth-order valence-electron chi connectivity index (χ4n) is 2.64. The van der Waals surface area contributed by atoms with Gasteiger partial charge in [0.1, 0.15) is 0 Å². The van der Waals surface area contributed by atoms with Gasteiger partial charge in [0.15, 0.2) is 0 Å². The van der Waals surface area contributed by atoms with Crippen LogP contribution in [0.2, 0.25) is 0 Å². The molecule has 3 heterocycles. The summed E-state index contributed by atoms with van der Waals surface area (Å²) >= 11 is 0. The molecular weight excluding hydrogens is 181 g/mol. The first kappa shape index (κ1) is 9.21. The van der Waals surface area contributed by atoms with E-state index >= 15 is 0 Å². The zero-order valence-corrected chi connectivity index (χ0v) is 10.2. The zero-order chi connectivity index (χ0) is 7.64. The molecule has 1 amide bonds. The van der Waals surface area contributed by atoms with E-state index in [4.69, 9.17) is 0 Å². The van der Waals surface area contributed by atoms with Gasteiger partial charge in [0.05, 0.1) is 5.54 Å². The molecule has 0 atom stereocenters. The van der Waals surface area contributed by atoms with Gasteiger partial charge in [0, 0.05) is 6.54 Å². The minimum Gasteiger partial charge on any atom is -0.874 e. The molecule has 0 N–H and O–H groups in total. The van der Waals surface area contributed by atoms with Crippen LogP contribution in [0.15, 0.2) is 11.8 Å². The quantitative estimate of drug-likeness (QED) is 0.367. The van der Waals surface area contributed by atoms with Crippen molar-refractivity contribution in [3.05, 3.63) is 11.8 Å². The van der Waals surface area contributed by atoms with Crippen LogP contribution in [0.1, 0.15) is 12.8 Å². The van der Waals surface area contributed by atoms with Gasteiger partial charge < -0.3 is 10.0 Å². The van der Waals surface area contributed by atoms with Crippen LogP contribution in [0, 0.1) is 5.92 Å². The first-order valence-corrected chi connectivity index (χ1v) is 3.93. The summed E-state index contributed by atoms with van der Waals surface area (Å²) in [5.41, 5.74) is -0.332. The average Bonchev–Trinajstić information content (AvgIpc) is 2.40. The number of carbonyl (C=O) groups is 1. The Hall–Kier alpha value is 0.646. The number of hydrogen-bond acceptors (Lipinski definition) is 2. The predicted molar refractivity (Wildman–Crippen MR) is 35.3 cm³/mol. The van der Waals surface area contributed by atoms with Gasteiger partial charge in [0.2, 0.25) is 5.91 Å². The fraction of sp³-hybridized carbons (Fsp3) is 0.625. The Labute approximate surface area is 113 Å². The largest absolute Gasteiger partial charge is 1.00 e. The van der Waals surface area contributed by atoms with E-state index in [2.05, 4.69) is 0 Å². The van der Waals surface area contributed by atoms with Crippen molar-refractivity contribution in [2.24, 2.45) is 5.92 Å². The summed E-state index contributed by atoms with van der Waals surface area (Å²) < 4.78 is 0. The van der Waals surface area contributed by atoms with Gasteiger partial charge >= 0.3 is 51.4 Å². The van der Waals surface area contributed by atoms with Gasteiger partial charge in [-0.1, -0.05) is 0 Å². The summed E-state index contributed by atoms with van der Waals surface area (Å²) in [5, 5.41) is 11.3. The van der Waals surface area contributed by atoms with E-state index < -0.39 is 0 Å². The third-order valence-corrected chi connectivity index (χ3v) is 3.19. The van der Waals surface area contributed by atoms with Crippen LogP contribution in [-0.2, 0) is 4.79 Å². The van der Waals surface area contributed by atoms with Gasteiger partial charge in [-0.05, 0) is 24.8 Å². The summed E-state index contributed by atoms with van der Waals surface area (Å²) in [5.74, 6) is 0.614. The second-order valence-electron chi connectivity index (χ2n) is 3.76. The second kappa shape index (κ2) is 2.57. The molecular formula is C8H8KNO2. The molecule has 0 unspecified atom stereocenters. The first-order chi connectivity index (χ1) is 5.22. The number of carbonyl (C=O) groups excluding carboxylic acids is 1. The SMILES string of the molecule is O=C1C=C([O-])C23CC(CN12)C3.[K+]. The average molecular weight is 189 g/mol. The van der Waals surface area contributed by atoms with Gasteiger partial charge in [-0.3, -0.25) is 4.79 Å². The van der Waals surface area contributed by atoms with Crippen LogP contribution in [0.3, 0.4) is 0 Å². The Morgan fingerprint density at radius 3 is 2.83 bits per heavy atom. The molecule has 2 saturated heterocycles. The first-order valence-electron chi connectivity index (χ1n) is 3.93. The van der Waals surface area contributed by atoms with Crippen LogP contribution in [-0.4, -0.2) is 22.9 Å². The van der Waals surface area contributed by atoms with E-state index in [0.29, 0.717) is 5.92 Å². The Balaban J connectivity index is 0.000000563. The Morgan fingerprint density at radius 2 is 2.25 bits per heavy atom. The third kappa shape index (κ3) is 0.825. The smallest absolute Gasteiger partial charge is 0.874 e. The maximum Gasteiger partial charge on any atom is 1.00 e. The molecule has 3 aliphatic heterocycles. The van der Waals surface area contributed by atoms with E-state index in [-0.39, 0.29) is 68.6 Å². The zero-order valence-electron chi connectivity index (χ0n) is 7.04. The van der Waals surface area contributed by atoms with Crippen LogP contribution in [0.25, 0.3) is 0 Å². The number of amides is 1. The van der Waals surface area contributed by atoms with Crippen molar-refractivity contribution in [3.8, 4) is 0 Å².